The maximum atomic E-state index is 12.0. The fourth-order valence-corrected chi connectivity index (χ4v) is 2.46. The van der Waals surface area contributed by atoms with Gasteiger partial charge in [0.1, 0.15) is 0 Å². The van der Waals surface area contributed by atoms with E-state index in [2.05, 4.69) is 10.6 Å². The summed E-state index contributed by atoms with van der Waals surface area (Å²) in [5.41, 5.74) is 3.63. The van der Waals surface area contributed by atoms with E-state index >= 15 is 0 Å². The summed E-state index contributed by atoms with van der Waals surface area (Å²) in [5.74, 6) is 0. The number of urea groups is 1. The van der Waals surface area contributed by atoms with Crippen LogP contribution in [-0.2, 0) is 13.6 Å². The SMILES string of the molecule is Cn1cc(-c2ccc(NC(=O)NCc3ccccc3)cc2)ccc1=O. The summed E-state index contributed by atoms with van der Waals surface area (Å²) in [7, 11) is 1.72. The number of hydrogen-bond donors (Lipinski definition) is 2. The molecular formula is C20H19N3O2. The number of aromatic nitrogens is 1. The molecular weight excluding hydrogens is 314 g/mol. The number of rotatable bonds is 4. The predicted molar refractivity (Wildman–Crippen MR) is 99.4 cm³/mol. The van der Waals surface area contributed by atoms with Gasteiger partial charge in [-0.15, -0.1) is 0 Å². The lowest BCUT2D eigenvalue weighted by Gasteiger charge is -2.09. The van der Waals surface area contributed by atoms with Crippen LogP contribution in [0.15, 0.2) is 77.7 Å². The molecule has 0 saturated heterocycles. The largest absolute Gasteiger partial charge is 0.334 e. The van der Waals surface area contributed by atoms with E-state index in [1.807, 2.05) is 54.6 Å². The first-order chi connectivity index (χ1) is 12.1. The number of amides is 2. The van der Waals surface area contributed by atoms with E-state index < -0.39 is 0 Å². The zero-order valence-electron chi connectivity index (χ0n) is 13.9. The van der Waals surface area contributed by atoms with Gasteiger partial charge in [0.05, 0.1) is 0 Å². The minimum Gasteiger partial charge on any atom is -0.334 e. The van der Waals surface area contributed by atoms with Gasteiger partial charge in [0.2, 0.25) is 5.56 Å². The molecule has 2 aromatic carbocycles. The molecule has 0 fully saturated rings. The van der Waals surface area contributed by atoms with Gasteiger partial charge >= 0.3 is 6.03 Å². The van der Waals surface area contributed by atoms with Crippen LogP contribution in [0.3, 0.4) is 0 Å². The molecule has 0 saturated carbocycles. The number of benzene rings is 2. The zero-order chi connectivity index (χ0) is 17.6. The van der Waals surface area contributed by atoms with E-state index in [-0.39, 0.29) is 11.6 Å². The van der Waals surface area contributed by atoms with Gasteiger partial charge in [0.15, 0.2) is 0 Å². The van der Waals surface area contributed by atoms with Gasteiger partial charge in [-0.3, -0.25) is 4.79 Å². The molecule has 0 aliphatic rings. The van der Waals surface area contributed by atoms with Crippen LogP contribution in [0, 0.1) is 0 Å². The van der Waals surface area contributed by atoms with Crippen molar-refractivity contribution >= 4 is 11.7 Å². The van der Waals surface area contributed by atoms with E-state index in [1.54, 1.807) is 29.9 Å². The molecule has 3 rings (SSSR count). The molecule has 0 bridgehead atoms. The Kier molecular flexibility index (Phi) is 4.95. The smallest absolute Gasteiger partial charge is 0.319 e. The van der Waals surface area contributed by atoms with E-state index in [0.29, 0.717) is 12.2 Å². The Bertz CT molecular complexity index is 916. The van der Waals surface area contributed by atoms with Crippen molar-refractivity contribution in [1.82, 2.24) is 9.88 Å². The Morgan fingerprint density at radius 2 is 1.60 bits per heavy atom. The third kappa shape index (κ3) is 4.35. The number of nitrogens with zero attached hydrogens (tertiary/aromatic N) is 1. The van der Waals surface area contributed by atoms with E-state index in [0.717, 1.165) is 16.7 Å². The maximum Gasteiger partial charge on any atom is 0.319 e. The monoisotopic (exact) mass is 333 g/mol. The average molecular weight is 333 g/mol. The highest BCUT2D eigenvalue weighted by atomic mass is 16.2. The average Bonchev–Trinajstić information content (AvgIpc) is 2.64. The first-order valence-corrected chi connectivity index (χ1v) is 7.98. The molecule has 0 aliphatic carbocycles. The Labute approximate surface area is 145 Å². The van der Waals surface area contributed by atoms with Crippen LogP contribution in [-0.4, -0.2) is 10.6 Å². The minimum atomic E-state index is -0.251. The Morgan fingerprint density at radius 1 is 0.920 bits per heavy atom. The summed E-state index contributed by atoms with van der Waals surface area (Å²) >= 11 is 0. The molecule has 0 aliphatic heterocycles. The Balaban J connectivity index is 1.61. The van der Waals surface area contributed by atoms with Gasteiger partial charge in [-0.05, 0) is 34.9 Å². The van der Waals surface area contributed by atoms with Crippen molar-refractivity contribution in [1.29, 1.82) is 0 Å². The third-order valence-corrected chi connectivity index (χ3v) is 3.86. The molecule has 126 valence electrons. The van der Waals surface area contributed by atoms with Crippen molar-refractivity contribution in [2.75, 3.05) is 5.32 Å². The number of carbonyl (C=O) groups is 1. The van der Waals surface area contributed by atoms with Crippen LogP contribution in [0.2, 0.25) is 0 Å². The molecule has 1 heterocycles. The summed E-state index contributed by atoms with van der Waals surface area (Å²) in [6.07, 6.45) is 1.79. The highest BCUT2D eigenvalue weighted by molar-refractivity contribution is 5.89. The lowest BCUT2D eigenvalue weighted by molar-refractivity contribution is 0.251. The molecule has 3 aromatic rings. The Morgan fingerprint density at radius 3 is 2.28 bits per heavy atom. The number of nitrogens with one attached hydrogen (secondary N) is 2. The molecule has 1 aromatic heterocycles. The molecule has 0 atom stereocenters. The second kappa shape index (κ2) is 7.49. The number of aryl methyl sites for hydroxylation is 1. The molecule has 5 heteroatoms. The number of anilines is 1. The van der Waals surface area contributed by atoms with Gasteiger partial charge in [0.25, 0.3) is 0 Å². The first kappa shape index (κ1) is 16.5. The summed E-state index contributed by atoms with van der Waals surface area (Å²) in [6, 6.07) is 20.3. The lowest BCUT2D eigenvalue weighted by Crippen LogP contribution is -2.28. The normalized spacial score (nSPS) is 10.3. The van der Waals surface area contributed by atoms with E-state index in [1.165, 1.54) is 0 Å². The molecule has 5 nitrogen and oxygen atoms in total. The van der Waals surface area contributed by atoms with Crippen LogP contribution in [0.5, 0.6) is 0 Å². The summed E-state index contributed by atoms with van der Waals surface area (Å²) in [5, 5.41) is 5.63. The summed E-state index contributed by atoms with van der Waals surface area (Å²) < 4.78 is 1.54. The molecule has 2 amide bonds. The lowest BCUT2D eigenvalue weighted by atomic mass is 10.1. The summed E-state index contributed by atoms with van der Waals surface area (Å²) in [4.78, 5) is 23.4. The molecule has 0 unspecified atom stereocenters. The maximum absolute atomic E-state index is 12.0. The van der Waals surface area contributed by atoms with Crippen LogP contribution >= 0.6 is 0 Å². The fraction of sp³-hybridized carbons (Fsp3) is 0.100. The highest BCUT2D eigenvalue weighted by Gasteiger charge is 2.03. The van der Waals surface area contributed by atoms with Crippen molar-refractivity contribution in [2.45, 2.75) is 6.54 Å². The van der Waals surface area contributed by atoms with Crippen molar-refractivity contribution in [2.24, 2.45) is 7.05 Å². The van der Waals surface area contributed by atoms with Crippen molar-refractivity contribution in [3.8, 4) is 11.1 Å². The second-order valence-corrected chi connectivity index (χ2v) is 5.74. The van der Waals surface area contributed by atoms with Gasteiger partial charge in [0, 0.05) is 31.5 Å². The first-order valence-electron chi connectivity index (χ1n) is 7.98. The molecule has 25 heavy (non-hydrogen) atoms. The number of hydrogen-bond acceptors (Lipinski definition) is 2. The fourth-order valence-electron chi connectivity index (χ4n) is 2.46. The van der Waals surface area contributed by atoms with Gasteiger partial charge in [-0.2, -0.15) is 0 Å². The minimum absolute atomic E-state index is 0.0443. The van der Waals surface area contributed by atoms with E-state index in [9.17, 15) is 9.59 Å². The molecule has 0 radical (unpaired) electrons. The second-order valence-electron chi connectivity index (χ2n) is 5.74. The zero-order valence-corrected chi connectivity index (χ0v) is 13.9. The van der Waals surface area contributed by atoms with Gasteiger partial charge < -0.3 is 15.2 Å². The number of pyridine rings is 1. The van der Waals surface area contributed by atoms with Crippen molar-refractivity contribution < 1.29 is 4.79 Å². The van der Waals surface area contributed by atoms with Crippen molar-refractivity contribution in [3.05, 3.63) is 88.8 Å². The van der Waals surface area contributed by atoms with Crippen LogP contribution in [0.25, 0.3) is 11.1 Å². The van der Waals surface area contributed by atoms with Crippen molar-refractivity contribution in [3.63, 3.8) is 0 Å². The highest BCUT2D eigenvalue weighted by Crippen LogP contribution is 2.20. The summed E-state index contributed by atoms with van der Waals surface area (Å²) in [6.45, 7) is 0.475. The standard InChI is InChI=1S/C20H19N3O2/c1-23-14-17(9-12-19(23)24)16-7-10-18(11-8-16)22-20(25)21-13-15-5-3-2-4-6-15/h2-12,14H,13H2,1H3,(H2,21,22,25). The quantitative estimate of drug-likeness (QED) is 0.769. The van der Waals surface area contributed by atoms with Gasteiger partial charge in [-0.25, -0.2) is 4.79 Å². The third-order valence-electron chi connectivity index (χ3n) is 3.86. The van der Waals surface area contributed by atoms with E-state index in [4.69, 9.17) is 0 Å². The van der Waals surface area contributed by atoms with Crippen LogP contribution in [0.4, 0.5) is 10.5 Å². The predicted octanol–water partition coefficient (Wildman–Crippen LogP) is 3.37. The Hall–Kier alpha value is -3.34. The molecule has 0 spiro atoms. The number of carbonyl (C=O) groups excluding carboxylic acids is 1. The van der Waals surface area contributed by atoms with Gasteiger partial charge in [-0.1, -0.05) is 42.5 Å². The molecule has 2 N–H and O–H groups in total. The van der Waals surface area contributed by atoms with Crippen LogP contribution < -0.4 is 16.2 Å². The topological polar surface area (TPSA) is 63.1 Å². The van der Waals surface area contributed by atoms with Crippen LogP contribution in [0.1, 0.15) is 5.56 Å².